The molecule has 1 unspecified atom stereocenters. The Morgan fingerprint density at radius 2 is 1.09 bits per heavy atom. The Labute approximate surface area is 271 Å². The number of carbonyl (C=O) groups is 4. The van der Waals surface area contributed by atoms with Crippen LogP contribution in [-0.2, 0) is 57.1 Å². The maximum Gasteiger partial charge on any atom is 0.242 e. The number of ketones is 1. The smallest absolute Gasteiger partial charge is 0.242 e. The summed E-state index contributed by atoms with van der Waals surface area (Å²) in [5.41, 5.74) is 0. The van der Waals surface area contributed by atoms with Crippen molar-refractivity contribution in [3.8, 4) is 0 Å². The summed E-state index contributed by atoms with van der Waals surface area (Å²) in [5, 5.41) is 2.65. The van der Waals surface area contributed by atoms with Gasteiger partial charge in [-0.3, -0.25) is 24.1 Å². The average molecular weight is 667 g/mol. The third-order valence-corrected chi connectivity index (χ3v) is 7.21. The molecule has 1 aliphatic rings. The zero-order valence-electron chi connectivity index (χ0n) is 27.3. The Bertz CT molecular complexity index is 805. The van der Waals surface area contributed by atoms with Gasteiger partial charge in [0.05, 0.1) is 111 Å². The van der Waals surface area contributed by atoms with Crippen LogP contribution in [0.5, 0.6) is 0 Å². The molecule has 14 nitrogen and oxygen atoms in total. The fourth-order valence-corrected chi connectivity index (χ4v) is 4.88. The van der Waals surface area contributed by atoms with Gasteiger partial charge in [0, 0.05) is 32.4 Å². The molecule has 0 aromatic heterocycles. The van der Waals surface area contributed by atoms with Crippen LogP contribution in [0.2, 0.25) is 0 Å². The molecule has 0 aliphatic carbocycles. The second-order valence-corrected chi connectivity index (χ2v) is 12.0. The molecule has 262 valence electrons. The second kappa shape index (κ2) is 28.5. The zero-order chi connectivity index (χ0) is 33.0. The van der Waals surface area contributed by atoms with Crippen molar-refractivity contribution < 1.29 is 57.1 Å². The molecule has 1 fully saturated rings. The molecule has 15 heteroatoms. The van der Waals surface area contributed by atoms with Crippen LogP contribution in [0.3, 0.4) is 0 Å². The van der Waals surface area contributed by atoms with Crippen molar-refractivity contribution >= 4 is 35.3 Å². The Morgan fingerprint density at radius 1 is 0.689 bits per heavy atom. The van der Waals surface area contributed by atoms with E-state index in [1.54, 1.807) is 6.92 Å². The maximum absolute atomic E-state index is 12.3. The Morgan fingerprint density at radius 3 is 1.49 bits per heavy atom. The molecule has 0 aromatic rings. The summed E-state index contributed by atoms with van der Waals surface area (Å²) < 4.78 is 43.3. The van der Waals surface area contributed by atoms with Crippen LogP contribution in [0.4, 0.5) is 0 Å². The van der Waals surface area contributed by atoms with Crippen LogP contribution in [0.15, 0.2) is 0 Å². The van der Waals surface area contributed by atoms with Gasteiger partial charge in [-0.05, 0) is 12.2 Å². The highest BCUT2D eigenvalue weighted by Gasteiger charge is 2.39. The first kappa shape index (κ1) is 41.3. The number of carbonyl (C=O) groups excluding carboxylic acids is 4. The van der Waals surface area contributed by atoms with Crippen molar-refractivity contribution in [2.24, 2.45) is 0 Å². The molecule has 0 aromatic carbocycles. The third-order valence-electron chi connectivity index (χ3n) is 5.97. The van der Waals surface area contributed by atoms with E-state index in [1.165, 1.54) is 16.7 Å². The van der Waals surface area contributed by atoms with Gasteiger partial charge in [-0.2, -0.15) is 0 Å². The lowest BCUT2D eigenvalue weighted by molar-refractivity contribution is -0.138. The third kappa shape index (κ3) is 24.2. The SMILES string of the molecule is CC(=O)CCOCCOCCOCCOCCOCCOCCOCCOCCNC(=O)CCN1C(=O)CC(SC(C)C)C1=O. The summed E-state index contributed by atoms with van der Waals surface area (Å²) in [4.78, 5) is 48.4. The van der Waals surface area contributed by atoms with Crippen LogP contribution in [0.1, 0.15) is 40.0 Å². The number of nitrogens with one attached hydrogen (secondary N) is 1. The number of rotatable bonds is 32. The molecule has 0 saturated carbocycles. The first-order valence-corrected chi connectivity index (χ1v) is 16.6. The van der Waals surface area contributed by atoms with E-state index in [0.29, 0.717) is 119 Å². The molecule has 1 rings (SSSR count). The Balaban J connectivity index is 1.75. The highest BCUT2D eigenvalue weighted by molar-refractivity contribution is 8.01. The quantitative estimate of drug-likeness (QED) is 0.0798. The van der Waals surface area contributed by atoms with Crippen LogP contribution in [-0.4, -0.2) is 158 Å². The summed E-state index contributed by atoms with van der Waals surface area (Å²) in [6, 6.07) is 0. The summed E-state index contributed by atoms with van der Waals surface area (Å²) in [5.74, 6) is -0.523. The zero-order valence-corrected chi connectivity index (χ0v) is 28.1. The number of hydrogen-bond donors (Lipinski definition) is 1. The lowest BCUT2D eigenvalue weighted by atomic mass is 10.3. The van der Waals surface area contributed by atoms with E-state index in [-0.39, 0.29) is 53.4 Å². The van der Waals surface area contributed by atoms with E-state index in [2.05, 4.69) is 5.32 Å². The van der Waals surface area contributed by atoms with Crippen molar-refractivity contribution in [1.29, 1.82) is 0 Å². The highest BCUT2D eigenvalue weighted by atomic mass is 32.2. The average Bonchev–Trinajstić information content (AvgIpc) is 3.25. The standard InChI is InChI=1S/C30H54N2O12S/c1-25(2)45-27-24-29(35)32(30(27)36)7-4-28(34)31-6-9-38-11-13-40-15-17-42-19-21-44-23-22-43-20-18-41-16-14-39-12-10-37-8-5-26(3)33/h25,27H,4-24H2,1-3H3,(H,31,34). The van der Waals surface area contributed by atoms with Crippen LogP contribution < -0.4 is 5.32 Å². The topological polar surface area (TPSA) is 157 Å². The van der Waals surface area contributed by atoms with Crippen molar-refractivity contribution in [2.75, 3.05) is 119 Å². The van der Waals surface area contributed by atoms with Gasteiger partial charge < -0.3 is 43.2 Å². The normalized spacial score (nSPS) is 15.0. The molecule has 0 radical (unpaired) electrons. The first-order valence-electron chi connectivity index (χ1n) is 15.7. The number of hydrogen-bond acceptors (Lipinski definition) is 13. The number of nitrogens with zero attached hydrogens (tertiary/aromatic N) is 1. The van der Waals surface area contributed by atoms with Gasteiger partial charge in [0.2, 0.25) is 17.7 Å². The minimum absolute atomic E-state index is 0.0785. The largest absolute Gasteiger partial charge is 0.379 e. The van der Waals surface area contributed by atoms with Crippen molar-refractivity contribution in [2.45, 2.75) is 50.5 Å². The van der Waals surface area contributed by atoms with E-state index in [1.807, 2.05) is 13.8 Å². The summed E-state index contributed by atoms with van der Waals surface area (Å²) in [6.07, 6.45) is 0.716. The number of likely N-dealkylation sites (tertiary alicyclic amines) is 1. The molecule has 1 aliphatic heterocycles. The molecule has 0 bridgehead atoms. The van der Waals surface area contributed by atoms with E-state index in [9.17, 15) is 19.2 Å². The summed E-state index contributed by atoms with van der Waals surface area (Å²) >= 11 is 1.48. The maximum atomic E-state index is 12.3. The van der Waals surface area contributed by atoms with Crippen LogP contribution >= 0.6 is 11.8 Å². The predicted octanol–water partition coefficient (Wildman–Crippen LogP) is 0.874. The molecule has 45 heavy (non-hydrogen) atoms. The Kier molecular flexibility index (Phi) is 26.2. The molecule has 1 atom stereocenters. The molecule has 1 N–H and O–H groups in total. The summed E-state index contributed by atoms with van der Waals surface area (Å²) in [6.45, 7) is 13.2. The predicted molar refractivity (Wildman–Crippen MR) is 167 cm³/mol. The molecule has 1 heterocycles. The van der Waals surface area contributed by atoms with Gasteiger partial charge in [-0.15, -0.1) is 11.8 Å². The number of imide groups is 1. The van der Waals surface area contributed by atoms with E-state index < -0.39 is 0 Å². The minimum Gasteiger partial charge on any atom is -0.379 e. The molecule has 1 saturated heterocycles. The van der Waals surface area contributed by atoms with Gasteiger partial charge in [0.15, 0.2) is 0 Å². The minimum atomic E-state index is -0.341. The lowest BCUT2D eigenvalue weighted by Crippen LogP contribution is -2.36. The van der Waals surface area contributed by atoms with Gasteiger partial charge in [0.1, 0.15) is 5.78 Å². The van der Waals surface area contributed by atoms with E-state index in [0.717, 1.165) is 0 Å². The number of ether oxygens (including phenoxy) is 8. The fraction of sp³-hybridized carbons (Fsp3) is 0.867. The van der Waals surface area contributed by atoms with Crippen molar-refractivity contribution in [3.05, 3.63) is 0 Å². The van der Waals surface area contributed by atoms with Crippen molar-refractivity contribution in [3.63, 3.8) is 0 Å². The fourth-order valence-electron chi connectivity index (χ4n) is 3.74. The van der Waals surface area contributed by atoms with E-state index in [4.69, 9.17) is 37.9 Å². The number of Topliss-reactive ketones (excluding diaryl/α,β-unsaturated/α-hetero) is 1. The molecular weight excluding hydrogens is 612 g/mol. The highest BCUT2D eigenvalue weighted by Crippen LogP contribution is 2.28. The van der Waals surface area contributed by atoms with Crippen LogP contribution in [0, 0.1) is 0 Å². The second-order valence-electron chi connectivity index (χ2n) is 10.2. The van der Waals surface area contributed by atoms with Gasteiger partial charge in [0.25, 0.3) is 0 Å². The number of amides is 3. The first-order chi connectivity index (χ1) is 21.8. The monoisotopic (exact) mass is 666 g/mol. The van der Waals surface area contributed by atoms with Crippen LogP contribution in [0.25, 0.3) is 0 Å². The Hall–Kier alpha value is -1.69. The number of thioether (sulfide) groups is 1. The summed E-state index contributed by atoms with van der Waals surface area (Å²) in [7, 11) is 0. The molecule has 3 amide bonds. The van der Waals surface area contributed by atoms with Gasteiger partial charge in [-0.25, -0.2) is 0 Å². The van der Waals surface area contributed by atoms with Gasteiger partial charge in [-0.1, -0.05) is 13.8 Å². The van der Waals surface area contributed by atoms with Gasteiger partial charge >= 0.3 is 0 Å². The molecular formula is C30H54N2O12S. The van der Waals surface area contributed by atoms with Crippen molar-refractivity contribution in [1.82, 2.24) is 10.2 Å². The van der Waals surface area contributed by atoms with E-state index >= 15 is 0 Å². The molecule has 0 spiro atoms. The lowest BCUT2D eigenvalue weighted by Gasteiger charge is -2.15.